The number of fused-ring (bicyclic) bond motifs is 1. The molecule has 2 aromatic heterocycles. The Morgan fingerprint density at radius 1 is 1.25 bits per heavy atom. The normalized spacial score (nSPS) is 11.1. The topological polar surface area (TPSA) is 58.0 Å². The van der Waals surface area contributed by atoms with E-state index in [9.17, 15) is 0 Å². The van der Waals surface area contributed by atoms with E-state index in [0.29, 0.717) is 6.54 Å². The van der Waals surface area contributed by atoms with E-state index < -0.39 is 0 Å². The van der Waals surface area contributed by atoms with Crippen molar-refractivity contribution in [1.29, 1.82) is 0 Å². The highest BCUT2D eigenvalue weighted by Gasteiger charge is 2.05. The lowest BCUT2D eigenvalue weighted by Gasteiger charge is -2.04. The zero-order valence-electron chi connectivity index (χ0n) is 10.8. The molecule has 3 aromatic rings. The summed E-state index contributed by atoms with van der Waals surface area (Å²) in [5.74, 6) is 0. The molecule has 0 unspecified atom stereocenters. The van der Waals surface area contributed by atoms with E-state index in [1.165, 1.54) is 22.3 Å². The van der Waals surface area contributed by atoms with E-state index in [4.69, 9.17) is 5.11 Å². The Morgan fingerprint density at radius 3 is 2.85 bits per heavy atom. The number of benzene rings is 1. The summed E-state index contributed by atoms with van der Waals surface area (Å²) in [4.78, 5) is 9.32. The minimum atomic E-state index is 0.164. The summed E-state index contributed by atoms with van der Waals surface area (Å²) in [6, 6.07) is 10.5. The van der Waals surface area contributed by atoms with Gasteiger partial charge in [0.2, 0.25) is 0 Å². The molecule has 4 nitrogen and oxygen atoms in total. The van der Waals surface area contributed by atoms with Crippen LogP contribution in [0.5, 0.6) is 0 Å². The minimum absolute atomic E-state index is 0.164. The summed E-state index contributed by atoms with van der Waals surface area (Å²) >= 11 is 1.65. The summed E-state index contributed by atoms with van der Waals surface area (Å²) in [5, 5.41) is 11.9. The first-order chi connectivity index (χ1) is 9.86. The molecule has 3 rings (SSSR count). The summed E-state index contributed by atoms with van der Waals surface area (Å²) in [6.45, 7) is 1.55. The van der Waals surface area contributed by atoms with Gasteiger partial charge in [-0.3, -0.25) is 0 Å². The smallest absolute Gasteiger partial charge is 0.116 e. The van der Waals surface area contributed by atoms with Crippen LogP contribution in [0.2, 0.25) is 0 Å². The number of aromatic nitrogens is 2. The van der Waals surface area contributed by atoms with E-state index in [0.717, 1.165) is 16.8 Å². The van der Waals surface area contributed by atoms with Crippen molar-refractivity contribution in [2.45, 2.75) is 6.54 Å². The molecule has 101 valence electrons. The number of rotatable bonds is 5. The van der Waals surface area contributed by atoms with Crippen molar-refractivity contribution in [3.8, 4) is 10.4 Å². The van der Waals surface area contributed by atoms with Crippen LogP contribution in [0.4, 0.5) is 0 Å². The fraction of sp³-hybridized carbons (Fsp3) is 0.200. The van der Waals surface area contributed by atoms with Crippen molar-refractivity contribution in [1.82, 2.24) is 15.3 Å². The number of nitrogens with one attached hydrogen (secondary N) is 1. The lowest BCUT2D eigenvalue weighted by Crippen LogP contribution is -2.17. The average Bonchev–Trinajstić information content (AvgIpc) is 2.92. The summed E-state index contributed by atoms with van der Waals surface area (Å²) in [5.41, 5.74) is 3.32. The number of thiophene rings is 1. The SMILES string of the molecule is OCCNCc1ccc(-c2cc3ncn[c]c3s2)cc1. The predicted molar refractivity (Wildman–Crippen MR) is 80.5 cm³/mol. The van der Waals surface area contributed by atoms with E-state index in [-0.39, 0.29) is 6.61 Å². The van der Waals surface area contributed by atoms with Crippen LogP contribution in [0.3, 0.4) is 0 Å². The lowest BCUT2D eigenvalue weighted by atomic mass is 10.1. The maximum atomic E-state index is 8.73. The molecule has 2 heterocycles. The van der Waals surface area contributed by atoms with E-state index in [1.54, 1.807) is 11.3 Å². The second-order valence-electron chi connectivity index (χ2n) is 4.41. The molecule has 0 aliphatic heterocycles. The maximum absolute atomic E-state index is 8.73. The first kappa shape index (κ1) is 13.2. The summed E-state index contributed by atoms with van der Waals surface area (Å²) in [7, 11) is 0. The second-order valence-corrected chi connectivity index (χ2v) is 5.46. The van der Waals surface area contributed by atoms with Crippen LogP contribution < -0.4 is 5.32 Å². The molecule has 1 aromatic carbocycles. The van der Waals surface area contributed by atoms with Crippen LogP contribution in [0.25, 0.3) is 20.7 Å². The zero-order chi connectivity index (χ0) is 13.8. The third-order valence-corrected chi connectivity index (χ3v) is 4.07. The van der Waals surface area contributed by atoms with Gasteiger partial charge in [0.15, 0.2) is 0 Å². The molecule has 0 aliphatic rings. The Hall–Kier alpha value is -1.82. The van der Waals surface area contributed by atoms with Crippen molar-refractivity contribution in [3.05, 3.63) is 48.4 Å². The van der Waals surface area contributed by atoms with Crippen LogP contribution in [-0.4, -0.2) is 28.2 Å². The first-order valence-corrected chi connectivity index (χ1v) is 7.21. The number of hydrogen-bond acceptors (Lipinski definition) is 5. The quantitative estimate of drug-likeness (QED) is 0.706. The number of aliphatic hydroxyl groups excluding tert-OH is 1. The largest absolute Gasteiger partial charge is 0.395 e. The molecule has 0 fully saturated rings. The summed E-state index contributed by atoms with van der Waals surface area (Å²) in [6.07, 6.45) is 4.48. The van der Waals surface area contributed by atoms with Gasteiger partial charge in [0.05, 0.1) is 16.8 Å². The van der Waals surface area contributed by atoms with Crippen LogP contribution in [0, 0.1) is 6.20 Å². The van der Waals surface area contributed by atoms with Gasteiger partial charge >= 0.3 is 0 Å². The van der Waals surface area contributed by atoms with Gasteiger partial charge in [-0.25, -0.2) is 9.97 Å². The van der Waals surface area contributed by atoms with Gasteiger partial charge in [0, 0.05) is 18.0 Å². The Balaban J connectivity index is 1.79. The average molecular weight is 284 g/mol. The molecule has 0 bridgehead atoms. The minimum Gasteiger partial charge on any atom is -0.395 e. The van der Waals surface area contributed by atoms with Crippen LogP contribution in [-0.2, 0) is 6.54 Å². The lowest BCUT2D eigenvalue weighted by molar-refractivity contribution is 0.292. The van der Waals surface area contributed by atoms with Crippen LogP contribution in [0.15, 0.2) is 36.7 Å². The van der Waals surface area contributed by atoms with Gasteiger partial charge in [0.25, 0.3) is 0 Å². The molecular formula is C15H14N3OS. The third kappa shape index (κ3) is 2.85. The number of aliphatic hydroxyl groups is 1. The molecular weight excluding hydrogens is 270 g/mol. The highest BCUT2D eigenvalue weighted by molar-refractivity contribution is 7.22. The van der Waals surface area contributed by atoms with E-state index >= 15 is 0 Å². The highest BCUT2D eigenvalue weighted by atomic mass is 32.1. The standard InChI is InChI=1S/C15H14N3OS/c19-6-5-16-8-11-1-3-12(4-2-11)14-7-13-15(20-14)9-17-10-18-13/h1-4,7,10,16,19H,5-6,8H2. The molecule has 0 amide bonds. The molecule has 0 saturated carbocycles. The molecule has 0 aliphatic carbocycles. The van der Waals surface area contributed by atoms with Crippen molar-refractivity contribution in [2.24, 2.45) is 0 Å². The van der Waals surface area contributed by atoms with Crippen LogP contribution >= 0.6 is 11.3 Å². The molecule has 0 spiro atoms. The van der Waals surface area contributed by atoms with Gasteiger partial charge < -0.3 is 10.4 Å². The number of hydrogen-bond donors (Lipinski definition) is 2. The highest BCUT2D eigenvalue weighted by Crippen LogP contribution is 2.31. The second kappa shape index (κ2) is 6.09. The predicted octanol–water partition coefficient (Wildman–Crippen LogP) is 2.24. The molecule has 20 heavy (non-hydrogen) atoms. The van der Waals surface area contributed by atoms with Crippen LogP contribution in [0.1, 0.15) is 5.56 Å². The Kier molecular flexibility index (Phi) is 4.01. The zero-order valence-corrected chi connectivity index (χ0v) is 11.7. The van der Waals surface area contributed by atoms with E-state index in [2.05, 4.69) is 51.8 Å². The molecule has 5 heteroatoms. The Morgan fingerprint density at radius 2 is 2.10 bits per heavy atom. The third-order valence-electron chi connectivity index (χ3n) is 2.99. The summed E-state index contributed by atoms with van der Waals surface area (Å²) < 4.78 is 0.983. The van der Waals surface area contributed by atoms with Gasteiger partial charge in [-0.1, -0.05) is 24.3 Å². The van der Waals surface area contributed by atoms with Gasteiger partial charge in [-0.2, -0.15) is 0 Å². The van der Waals surface area contributed by atoms with E-state index in [1.807, 2.05) is 0 Å². The van der Waals surface area contributed by atoms with Gasteiger partial charge in [-0.05, 0) is 17.2 Å². The van der Waals surface area contributed by atoms with Crippen molar-refractivity contribution < 1.29 is 5.11 Å². The Bertz CT molecular complexity index is 661. The number of nitrogens with zero attached hydrogens (tertiary/aromatic N) is 2. The first-order valence-electron chi connectivity index (χ1n) is 6.40. The monoisotopic (exact) mass is 284 g/mol. The molecule has 1 radical (unpaired) electrons. The van der Waals surface area contributed by atoms with Crippen molar-refractivity contribution in [2.75, 3.05) is 13.2 Å². The van der Waals surface area contributed by atoms with Gasteiger partial charge in [-0.15, -0.1) is 11.3 Å². The van der Waals surface area contributed by atoms with Gasteiger partial charge in [0.1, 0.15) is 12.5 Å². The fourth-order valence-electron chi connectivity index (χ4n) is 1.98. The van der Waals surface area contributed by atoms with Crippen molar-refractivity contribution >= 4 is 21.6 Å². The molecule has 0 saturated heterocycles. The maximum Gasteiger partial charge on any atom is 0.116 e. The fourth-order valence-corrected chi connectivity index (χ4v) is 2.94. The van der Waals surface area contributed by atoms with Crippen molar-refractivity contribution in [3.63, 3.8) is 0 Å². The Labute approximate surface area is 121 Å². The molecule has 0 atom stereocenters. The molecule has 2 N–H and O–H groups in total.